The molecule has 0 spiro atoms. The summed E-state index contributed by atoms with van der Waals surface area (Å²) in [5, 5.41) is 0. The molecule has 0 radical (unpaired) electrons. The Balaban J connectivity index is 1.60. The zero-order valence-electron chi connectivity index (χ0n) is 16.2. The zero-order valence-corrected chi connectivity index (χ0v) is 16.2. The van der Waals surface area contributed by atoms with Crippen molar-refractivity contribution < 1.29 is 9.59 Å². The minimum atomic E-state index is -0.427. The monoisotopic (exact) mass is 359 g/mol. The number of rotatable bonds is 3. The van der Waals surface area contributed by atoms with Gasteiger partial charge < -0.3 is 14.7 Å². The summed E-state index contributed by atoms with van der Waals surface area (Å²) < 4.78 is 0. The molecule has 5 heteroatoms. The van der Waals surface area contributed by atoms with Gasteiger partial charge in [-0.25, -0.2) is 0 Å². The van der Waals surface area contributed by atoms with E-state index in [0.29, 0.717) is 24.8 Å². The van der Waals surface area contributed by atoms with Gasteiger partial charge in [0.05, 0.1) is 5.41 Å². The number of likely N-dealkylation sites (N-methyl/N-ethyl adjacent to an activating group) is 1. The normalized spacial score (nSPS) is 31.1. The fourth-order valence-electron chi connectivity index (χ4n) is 5.58. The number of hydrogen-bond donors (Lipinski definition) is 0. The van der Waals surface area contributed by atoms with Crippen LogP contribution in [0.4, 0.5) is 0 Å². The molecule has 4 rings (SSSR count). The summed E-state index contributed by atoms with van der Waals surface area (Å²) >= 11 is 0. The number of amides is 2. The lowest BCUT2D eigenvalue weighted by atomic mass is 9.68. The largest absolute Gasteiger partial charge is 0.339 e. The lowest BCUT2D eigenvalue weighted by Crippen LogP contribution is -2.58. The van der Waals surface area contributed by atoms with Gasteiger partial charge in [-0.1, -0.05) is 25.8 Å². The van der Waals surface area contributed by atoms with E-state index >= 15 is 0 Å². The number of allylic oxidation sites excluding steroid dienone is 1. The molecule has 3 fully saturated rings. The Morgan fingerprint density at radius 1 is 1.12 bits per heavy atom. The number of likely N-dealkylation sites (tertiary alicyclic amines) is 1. The summed E-state index contributed by atoms with van der Waals surface area (Å²) in [6.07, 6.45) is 11.1. The van der Waals surface area contributed by atoms with E-state index in [0.717, 1.165) is 70.5 Å². The van der Waals surface area contributed by atoms with Crippen LogP contribution in [0.5, 0.6) is 0 Å². The standard InChI is InChI=1S/C21H33N3O2/c1-2-22-13-15-23(16-14-22)20(26)21-11-6-5-9-18(21)24(19(25)10-12-21)17-7-3-4-8-17/h9,17H,2-8,10-16H2,1H3. The Hall–Kier alpha value is -1.36. The van der Waals surface area contributed by atoms with Crippen LogP contribution in [-0.4, -0.2) is 65.3 Å². The Morgan fingerprint density at radius 3 is 2.54 bits per heavy atom. The van der Waals surface area contributed by atoms with E-state index in [9.17, 15) is 9.59 Å². The van der Waals surface area contributed by atoms with Crippen molar-refractivity contribution in [1.29, 1.82) is 0 Å². The number of piperidine rings is 1. The van der Waals surface area contributed by atoms with Crippen LogP contribution in [0.3, 0.4) is 0 Å². The van der Waals surface area contributed by atoms with Crippen LogP contribution in [0.25, 0.3) is 0 Å². The van der Waals surface area contributed by atoms with Gasteiger partial charge in [0.2, 0.25) is 11.8 Å². The Labute approximate surface area is 157 Å². The molecule has 1 atom stereocenters. The van der Waals surface area contributed by atoms with Crippen molar-refractivity contribution >= 4 is 11.8 Å². The maximum atomic E-state index is 13.7. The van der Waals surface area contributed by atoms with E-state index in [1.54, 1.807) is 0 Å². The van der Waals surface area contributed by atoms with Crippen molar-refractivity contribution in [2.24, 2.45) is 5.41 Å². The molecule has 0 aromatic heterocycles. The third-order valence-electron chi connectivity index (χ3n) is 7.14. The first-order chi connectivity index (χ1) is 12.7. The quantitative estimate of drug-likeness (QED) is 0.778. The van der Waals surface area contributed by atoms with Gasteiger partial charge in [0.15, 0.2) is 0 Å². The van der Waals surface area contributed by atoms with Crippen molar-refractivity contribution in [1.82, 2.24) is 14.7 Å². The van der Waals surface area contributed by atoms with Crippen molar-refractivity contribution in [3.05, 3.63) is 11.8 Å². The third-order valence-corrected chi connectivity index (χ3v) is 7.14. The Kier molecular flexibility index (Phi) is 5.09. The summed E-state index contributed by atoms with van der Waals surface area (Å²) in [5.41, 5.74) is 0.651. The average molecular weight is 360 g/mol. The molecule has 2 saturated heterocycles. The maximum absolute atomic E-state index is 13.7. The molecule has 0 aromatic rings. The number of carbonyl (C=O) groups is 2. The SMILES string of the molecule is CCN1CCN(C(=O)C23CCCC=C2N(C2CCCC2)C(=O)CC3)CC1. The van der Waals surface area contributed by atoms with Gasteiger partial charge in [-0.05, 0) is 45.1 Å². The number of piperazine rings is 1. The molecule has 0 N–H and O–H groups in total. The molecule has 2 aliphatic carbocycles. The summed E-state index contributed by atoms with van der Waals surface area (Å²) in [6.45, 7) is 6.86. The van der Waals surface area contributed by atoms with Gasteiger partial charge in [0, 0.05) is 44.3 Å². The highest BCUT2D eigenvalue weighted by atomic mass is 16.2. The Bertz CT molecular complexity index is 588. The second-order valence-electron chi connectivity index (χ2n) is 8.49. The van der Waals surface area contributed by atoms with Crippen LogP contribution in [0.15, 0.2) is 11.8 Å². The molecule has 1 unspecified atom stereocenters. The second kappa shape index (κ2) is 7.34. The van der Waals surface area contributed by atoms with Gasteiger partial charge in [0.1, 0.15) is 0 Å². The van der Waals surface area contributed by atoms with Crippen molar-refractivity contribution in [2.75, 3.05) is 32.7 Å². The molecular formula is C21H33N3O2. The van der Waals surface area contributed by atoms with E-state index in [1.165, 1.54) is 12.8 Å². The number of hydrogen-bond acceptors (Lipinski definition) is 3. The molecule has 2 amide bonds. The van der Waals surface area contributed by atoms with Crippen LogP contribution in [0.2, 0.25) is 0 Å². The van der Waals surface area contributed by atoms with Crippen LogP contribution < -0.4 is 0 Å². The highest BCUT2D eigenvalue weighted by Crippen LogP contribution is 2.49. The van der Waals surface area contributed by atoms with Gasteiger partial charge in [0.25, 0.3) is 0 Å². The molecule has 2 aliphatic heterocycles. The highest BCUT2D eigenvalue weighted by molar-refractivity contribution is 5.91. The lowest BCUT2D eigenvalue weighted by Gasteiger charge is -2.50. The van der Waals surface area contributed by atoms with E-state index < -0.39 is 5.41 Å². The smallest absolute Gasteiger partial charge is 0.234 e. The topological polar surface area (TPSA) is 43.9 Å². The van der Waals surface area contributed by atoms with Crippen LogP contribution >= 0.6 is 0 Å². The molecule has 4 aliphatic rings. The van der Waals surface area contributed by atoms with E-state index in [1.807, 2.05) is 0 Å². The summed E-state index contributed by atoms with van der Waals surface area (Å²) in [4.78, 5) is 33.1. The lowest BCUT2D eigenvalue weighted by molar-refractivity contribution is -0.150. The number of carbonyl (C=O) groups excluding carboxylic acids is 2. The van der Waals surface area contributed by atoms with Crippen molar-refractivity contribution in [3.8, 4) is 0 Å². The molecule has 1 saturated carbocycles. The Morgan fingerprint density at radius 2 is 1.85 bits per heavy atom. The van der Waals surface area contributed by atoms with Gasteiger partial charge in [-0.3, -0.25) is 9.59 Å². The van der Waals surface area contributed by atoms with Crippen LogP contribution in [0, 0.1) is 5.41 Å². The highest BCUT2D eigenvalue weighted by Gasteiger charge is 2.52. The summed E-state index contributed by atoms with van der Waals surface area (Å²) in [5.74, 6) is 0.555. The third kappa shape index (κ3) is 2.98. The molecule has 0 bridgehead atoms. The van der Waals surface area contributed by atoms with Crippen LogP contribution in [-0.2, 0) is 9.59 Å². The maximum Gasteiger partial charge on any atom is 0.234 e. The molecule has 0 aromatic carbocycles. The minimum absolute atomic E-state index is 0.254. The van der Waals surface area contributed by atoms with Gasteiger partial charge in [-0.2, -0.15) is 0 Å². The van der Waals surface area contributed by atoms with Crippen LogP contribution in [0.1, 0.15) is 64.7 Å². The zero-order chi connectivity index (χ0) is 18.1. The first kappa shape index (κ1) is 18.0. The molecule has 5 nitrogen and oxygen atoms in total. The predicted molar refractivity (Wildman–Crippen MR) is 101 cm³/mol. The first-order valence-corrected chi connectivity index (χ1v) is 10.7. The number of fused-ring (bicyclic) bond motifs is 1. The fourth-order valence-corrected chi connectivity index (χ4v) is 5.58. The molecular weight excluding hydrogens is 326 g/mol. The predicted octanol–water partition coefficient (Wildman–Crippen LogP) is 2.77. The molecule has 26 heavy (non-hydrogen) atoms. The van der Waals surface area contributed by atoms with E-state index in [4.69, 9.17) is 0 Å². The van der Waals surface area contributed by atoms with Gasteiger partial charge >= 0.3 is 0 Å². The fraction of sp³-hybridized carbons (Fsp3) is 0.810. The summed E-state index contributed by atoms with van der Waals surface area (Å²) in [7, 11) is 0. The van der Waals surface area contributed by atoms with E-state index in [-0.39, 0.29) is 5.91 Å². The van der Waals surface area contributed by atoms with Gasteiger partial charge in [-0.15, -0.1) is 0 Å². The molecule has 2 heterocycles. The first-order valence-electron chi connectivity index (χ1n) is 10.7. The number of nitrogens with zero attached hydrogens (tertiary/aromatic N) is 3. The average Bonchev–Trinajstić information content (AvgIpc) is 3.21. The van der Waals surface area contributed by atoms with Crippen molar-refractivity contribution in [2.45, 2.75) is 70.8 Å². The summed E-state index contributed by atoms with van der Waals surface area (Å²) in [6, 6.07) is 0.330. The second-order valence-corrected chi connectivity index (χ2v) is 8.49. The van der Waals surface area contributed by atoms with E-state index in [2.05, 4.69) is 27.7 Å². The van der Waals surface area contributed by atoms with Crippen molar-refractivity contribution in [3.63, 3.8) is 0 Å². The molecule has 144 valence electrons. The minimum Gasteiger partial charge on any atom is -0.339 e.